The van der Waals surface area contributed by atoms with Gasteiger partial charge in [-0.15, -0.1) is 0 Å². The van der Waals surface area contributed by atoms with Crippen molar-refractivity contribution in [2.75, 3.05) is 0 Å². The molecule has 0 aliphatic heterocycles. The topological polar surface area (TPSA) is 96.2 Å². The van der Waals surface area contributed by atoms with Crippen molar-refractivity contribution < 1.29 is 9.52 Å². The lowest BCUT2D eigenvalue weighted by Gasteiger charge is -2.16. The van der Waals surface area contributed by atoms with Crippen molar-refractivity contribution in [1.82, 2.24) is 4.57 Å². The van der Waals surface area contributed by atoms with Crippen molar-refractivity contribution in [3.63, 3.8) is 0 Å². The zero-order valence-corrected chi connectivity index (χ0v) is 15.0. The molecule has 0 aliphatic rings. The highest BCUT2D eigenvalue weighted by Gasteiger charge is 2.23. The van der Waals surface area contributed by atoms with Crippen LogP contribution in [-0.2, 0) is 0 Å². The van der Waals surface area contributed by atoms with E-state index in [1.807, 2.05) is 6.07 Å². The maximum atomic E-state index is 13.3. The summed E-state index contributed by atoms with van der Waals surface area (Å²) in [6.07, 6.45) is 0. The molecule has 4 aromatic rings. The second-order valence-electron chi connectivity index (χ2n) is 5.97. The van der Waals surface area contributed by atoms with E-state index in [1.165, 1.54) is 4.57 Å². The van der Waals surface area contributed by atoms with Crippen molar-refractivity contribution in [3.05, 3.63) is 92.0 Å². The number of hydrogen-bond acceptors (Lipinski definition) is 5. The predicted octanol–water partition coefficient (Wildman–Crippen LogP) is 3.84. The third kappa shape index (κ3) is 2.75. The number of pyridine rings is 1. The molecule has 0 saturated heterocycles. The maximum absolute atomic E-state index is 13.3. The molecule has 0 saturated carbocycles. The summed E-state index contributed by atoms with van der Waals surface area (Å²) in [7, 11) is 0. The Bertz CT molecular complexity index is 1360. The molecule has 7 heteroatoms. The summed E-state index contributed by atoms with van der Waals surface area (Å²) in [4.78, 5) is 25.1. The number of aromatic nitrogens is 1. The van der Waals surface area contributed by atoms with Crippen LogP contribution in [0.2, 0.25) is 5.02 Å². The molecule has 28 heavy (non-hydrogen) atoms. The number of fused-ring (bicyclic) bond motifs is 1. The number of nitriles is 1. The van der Waals surface area contributed by atoms with Crippen LogP contribution in [-0.4, -0.2) is 9.67 Å². The van der Waals surface area contributed by atoms with Crippen LogP contribution in [0.4, 0.5) is 0 Å². The van der Waals surface area contributed by atoms with Gasteiger partial charge in [0, 0.05) is 16.3 Å². The monoisotopic (exact) mass is 390 g/mol. The molecule has 0 fully saturated rings. The average molecular weight is 391 g/mol. The minimum atomic E-state index is -0.857. The van der Waals surface area contributed by atoms with Gasteiger partial charge in [-0.25, -0.2) is 4.79 Å². The molecule has 0 aliphatic carbocycles. The third-order valence-corrected chi connectivity index (χ3v) is 4.54. The molecular weight excluding hydrogens is 380 g/mol. The molecule has 0 spiro atoms. The van der Waals surface area contributed by atoms with E-state index in [-0.39, 0.29) is 22.2 Å². The standard InChI is InChI=1S/C21H11ClN2O4/c22-13-6-8-14(9-7-13)24-19(12-4-2-1-3-5-12)15(11-23)20-18(21(24)27)16(25)10-17(26)28-20/h1-10,25H. The Morgan fingerprint density at radius 1 is 1.04 bits per heavy atom. The molecule has 2 aromatic carbocycles. The van der Waals surface area contributed by atoms with Crippen LogP contribution >= 0.6 is 11.6 Å². The fourth-order valence-electron chi connectivity index (χ4n) is 3.11. The number of benzene rings is 2. The van der Waals surface area contributed by atoms with Crippen LogP contribution in [0.1, 0.15) is 5.56 Å². The van der Waals surface area contributed by atoms with E-state index in [4.69, 9.17) is 16.0 Å². The Kier molecular flexibility index (Phi) is 4.22. The second kappa shape index (κ2) is 6.72. The number of halogens is 1. The van der Waals surface area contributed by atoms with Crippen molar-refractivity contribution in [2.24, 2.45) is 0 Å². The molecule has 6 nitrogen and oxygen atoms in total. The number of nitrogens with zero attached hydrogens (tertiary/aromatic N) is 2. The number of rotatable bonds is 2. The highest BCUT2D eigenvalue weighted by atomic mass is 35.5. The van der Waals surface area contributed by atoms with Gasteiger partial charge in [-0.05, 0) is 24.3 Å². The molecule has 0 radical (unpaired) electrons. The van der Waals surface area contributed by atoms with Crippen LogP contribution in [0.15, 0.2) is 74.7 Å². The predicted molar refractivity (Wildman–Crippen MR) is 105 cm³/mol. The minimum Gasteiger partial charge on any atom is -0.507 e. The molecule has 0 amide bonds. The summed E-state index contributed by atoms with van der Waals surface area (Å²) in [6, 6.07) is 18.1. The van der Waals surface area contributed by atoms with Crippen LogP contribution in [0, 0.1) is 11.3 Å². The lowest BCUT2D eigenvalue weighted by molar-refractivity contribution is 0.467. The maximum Gasteiger partial charge on any atom is 0.339 e. The minimum absolute atomic E-state index is 0.0382. The van der Waals surface area contributed by atoms with Crippen molar-refractivity contribution >= 4 is 22.6 Å². The third-order valence-electron chi connectivity index (χ3n) is 4.29. The summed E-state index contributed by atoms with van der Waals surface area (Å²) in [6.45, 7) is 0. The first-order chi connectivity index (χ1) is 13.5. The zero-order valence-electron chi connectivity index (χ0n) is 14.2. The first-order valence-corrected chi connectivity index (χ1v) is 8.56. The summed E-state index contributed by atoms with van der Waals surface area (Å²) < 4.78 is 6.44. The fourth-order valence-corrected chi connectivity index (χ4v) is 3.23. The second-order valence-corrected chi connectivity index (χ2v) is 6.41. The summed E-state index contributed by atoms with van der Waals surface area (Å²) in [5, 5.41) is 20.3. The van der Waals surface area contributed by atoms with E-state index in [9.17, 15) is 20.0 Å². The van der Waals surface area contributed by atoms with Crippen LogP contribution < -0.4 is 11.2 Å². The van der Waals surface area contributed by atoms with Gasteiger partial charge in [0.1, 0.15) is 22.8 Å². The van der Waals surface area contributed by atoms with E-state index in [0.29, 0.717) is 16.3 Å². The lowest BCUT2D eigenvalue weighted by atomic mass is 10.0. The van der Waals surface area contributed by atoms with Gasteiger partial charge in [0.15, 0.2) is 5.58 Å². The summed E-state index contributed by atoms with van der Waals surface area (Å²) >= 11 is 5.96. The van der Waals surface area contributed by atoms with E-state index in [0.717, 1.165) is 6.07 Å². The van der Waals surface area contributed by atoms with Crippen LogP contribution in [0.3, 0.4) is 0 Å². The lowest BCUT2D eigenvalue weighted by Crippen LogP contribution is -2.23. The van der Waals surface area contributed by atoms with Crippen molar-refractivity contribution in [3.8, 4) is 28.8 Å². The number of aromatic hydroxyl groups is 1. The quantitative estimate of drug-likeness (QED) is 0.561. The van der Waals surface area contributed by atoms with Gasteiger partial charge in [0.25, 0.3) is 5.56 Å². The highest BCUT2D eigenvalue weighted by molar-refractivity contribution is 6.30. The largest absolute Gasteiger partial charge is 0.507 e. The van der Waals surface area contributed by atoms with Gasteiger partial charge in [0.05, 0.1) is 11.8 Å². The summed E-state index contributed by atoms with van der Waals surface area (Å²) in [5.41, 5.74) is -0.515. The van der Waals surface area contributed by atoms with E-state index in [1.54, 1.807) is 54.6 Å². The Balaban J connectivity index is 2.29. The van der Waals surface area contributed by atoms with Crippen molar-refractivity contribution in [2.45, 2.75) is 0 Å². The molecule has 136 valence electrons. The van der Waals surface area contributed by atoms with Gasteiger partial charge in [-0.2, -0.15) is 5.26 Å². The van der Waals surface area contributed by atoms with Gasteiger partial charge in [-0.3, -0.25) is 9.36 Å². The Labute approximate surface area is 163 Å². The van der Waals surface area contributed by atoms with E-state index in [2.05, 4.69) is 0 Å². The average Bonchev–Trinajstić information content (AvgIpc) is 2.69. The summed E-state index contributed by atoms with van der Waals surface area (Å²) in [5.74, 6) is -0.546. The number of hydrogen-bond donors (Lipinski definition) is 1. The molecule has 2 heterocycles. The first kappa shape index (κ1) is 17.6. The SMILES string of the molecule is N#Cc1c(-c2ccccc2)n(-c2ccc(Cl)cc2)c(=O)c2c(O)cc(=O)oc12. The molecule has 4 rings (SSSR count). The van der Waals surface area contributed by atoms with Gasteiger partial charge >= 0.3 is 5.63 Å². The Hall–Kier alpha value is -3.82. The Morgan fingerprint density at radius 2 is 1.71 bits per heavy atom. The normalized spacial score (nSPS) is 10.7. The van der Waals surface area contributed by atoms with Crippen molar-refractivity contribution in [1.29, 1.82) is 5.26 Å². The molecule has 1 N–H and O–H groups in total. The fraction of sp³-hybridized carbons (Fsp3) is 0. The molecule has 0 bridgehead atoms. The zero-order chi connectivity index (χ0) is 19.8. The van der Waals surface area contributed by atoms with Gasteiger partial charge in [-0.1, -0.05) is 41.9 Å². The van der Waals surface area contributed by atoms with E-state index >= 15 is 0 Å². The molecule has 2 aromatic heterocycles. The van der Waals surface area contributed by atoms with Gasteiger partial charge in [0.2, 0.25) is 0 Å². The van der Waals surface area contributed by atoms with Crippen LogP contribution in [0.25, 0.3) is 27.9 Å². The smallest absolute Gasteiger partial charge is 0.339 e. The molecule has 0 atom stereocenters. The highest BCUT2D eigenvalue weighted by Crippen LogP contribution is 2.32. The van der Waals surface area contributed by atoms with Gasteiger partial charge < -0.3 is 9.52 Å². The van der Waals surface area contributed by atoms with Crippen LogP contribution in [0.5, 0.6) is 5.75 Å². The molecular formula is C21H11ClN2O4. The molecule has 0 unspecified atom stereocenters. The first-order valence-electron chi connectivity index (χ1n) is 8.18. The van der Waals surface area contributed by atoms with E-state index < -0.39 is 16.9 Å². The Morgan fingerprint density at radius 3 is 2.36 bits per heavy atom.